The van der Waals surface area contributed by atoms with Crippen molar-refractivity contribution in [1.82, 2.24) is 4.90 Å². The highest BCUT2D eigenvalue weighted by Gasteiger charge is 2.55. The fourth-order valence-electron chi connectivity index (χ4n) is 5.49. The summed E-state index contributed by atoms with van der Waals surface area (Å²) in [4.78, 5) is 29.3. The Labute approximate surface area is 241 Å². The van der Waals surface area contributed by atoms with Gasteiger partial charge in [-0.3, -0.25) is 4.79 Å². The summed E-state index contributed by atoms with van der Waals surface area (Å²) in [6.45, 7) is 0. The van der Waals surface area contributed by atoms with Gasteiger partial charge in [0.2, 0.25) is 5.78 Å². The van der Waals surface area contributed by atoms with Crippen LogP contribution < -0.4 is 5.32 Å². The van der Waals surface area contributed by atoms with Crippen LogP contribution >= 0.6 is 43.6 Å². The summed E-state index contributed by atoms with van der Waals surface area (Å²) < 4.78 is 6.88. The first-order chi connectivity index (χ1) is 18.4. The fourth-order valence-corrected chi connectivity index (χ4v) is 7.54. The number of methoxy groups -OCH3 is 1. The lowest BCUT2D eigenvalue weighted by Crippen LogP contribution is -2.56. The molecule has 3 atom stereocenters. The number of carbonyl (C=O) groups is 2. The van der Waals surface area contributed by atoms with Crippen LogP contribution in [0.5, 0.6) is 0 Å². The minimum absolute atomic E-state index is 0.00582. The summed E-state index contributed by atoms with van der Waals surface area (Å²) in [6.07, 6.45) is 0.458. The number of aliphatic hydroxyl groups is 1. The number of esters is 1. The molecule has 9 heteroatoms. The Morgan fingerprint density at radius 3 is 2.53 bits per heavy atom. The number of fused-ring (bicyclic) bond motifs is 1. The van der Waals surface area contributed by atoms with Crippen molar-refractivity contribution < 1.29 is 19.4 Å². The van der Waals surface area contributed by atoms with Crippen molar-refractivity contribution in [2.75, 3.05) is 12.4 Å². The van der Waals surface area contributed by atoms with Gasteiger partial charge in [-0.15, -0.1) is 0 Å². The van der Waals surface area contributed by atoms with Gasteiger partial charge in [0.25, 0.3) is 0 Å². The van der Waals surface area contributed by atoms with Gasteiger partial charge in [-0.2, -0.15) is 0 Å². The molecule has 192 valence electrons. The summed E-state index contributed by atoms with van der Waals surface area (Å²) in [6, 6.07) is 22.1. The second-order valence-electron chi connectivity index (χ2n) is 9.25. The van der Waals surface area contributed by atoms with E-state index in [2.05, 4.69) is 37.2 Å². The maximum absolute atomic E-state index is 14.3. The molecule has 3 unspecified atom stereocenters. The van der Waals surface area contributed by atoms with Crippen LogP contribution in [0.3, 0.4) is 0 Å². The normalized spacial score (nSPS) is 21.7. The van der Waals surface area contributed by atoms with Crippen molar-refractivity contribution >= 4 is 61.1 Å². The van der Waals surface area contributed by atoms with Crippen LogP contribution in [0.2, 0.25) is 0 Å². The molecule has 0 spiro atoms. The highest BCUT2D eigenvalue weighted by Crippen LogP contribution is 2.56. The van der Waals surface area contributed by atoms with Crippen LogP contribution in [0.25, 0.3) is 0 Å². The van der Waals surface area contributed by atoms with Crippen molar-refractivity contribution in [2.24, 2.45) is 0 Å². The molecule has 0 aliphatic carbocycles. The molecule has 3 aliphatic heterocycles. The molecule has 0 amide bonds. The zero-order chi connectivity index (χ0) is 26.6. The number of allylic oxidation sites excluding steroid dienone is 1. The van der Waals surface area contributed by atoms with Gasteiger partial charge in [-0.1, -0.05) is 74.0 Å². The van der Waals surface area contributed by atoms with E-state index in [1.807, 2.05) is 65.6 Å². The average molecular weight is 654 g/mol. The summed E-state index contributed by atoms with van der Waals surface area (Å²) >= 11 is 8.33. The number of Topliss-reactive ketones (excluding diaryl/α,β-unsaturated/α-hetero) is 1. The number of nitrogens with zero attached hydrogens (tertiary/aromatic N) is 1. The van der Waals surface area contributed by atoms with Gasteiger partial charge in [-0.25, -0.2) is 4.79 Å². The SMILES string of the molecule is COC(=O)C1=C(O)C2SC(Nc3cccc(Br)c3)=C(C(=O)c3ccc(Br)cc3)N3C1Cc1ccccc1C23. The number of thioether (sulfide) groups is 1. The Morgan fingerprint density at radius 2 is 1.79 bits per heavy atom. The van der Waals surface area contributed by atoms with Gasteiger partial charge in [0.05, 0.1) is 30.0 Å². The van der Waals surface area contributed by atoms with Crippen molar-refractivity contribution in [3.8, 4) is 0 Å². The lowest BCUT2D eigenvalue weighted by atomic mass is 9.77. The van der Waals surface area contributed by atoms with Crippen LogP contribution in [0, 0.1) is 0 Å². The van der Waals surface area contributed by atoms with Gasteiger partial charge in [0, 0.05) is 20.2 Å². The molecule has 6 rings (SSSR count). The average Bonchev–Trinajstić information content (AvgIpc) is 2.91. The number of rotatable bonds is 5. The van der Waals surface area contributed by atoms with E-state index in [9.17, 15) is 14.7 Å². The number of hydrogen-bond donors (Lipinski definition) is 2. The van der Waals surface area contributed by atoms with E-state index in [-0.39, 0.29) is 23.2 Å². The molecular formula is C29H22Br2N2O4S. The van der Waals surface area contributed by atoms with Crippen molar-refractivity contribution in [3.05, 3.63) is 120 Å². The molecule has 38 heavy (non-hydrogen) atoms. The first-order valence-electron chi connectivity index (χ1n) is 12.0. The van der Waals surface area contributed by atoms with Gasteiger partial charge >= 0.3 is 5.97 Å². The van der Waals surface area contributed by atoms with E-state index >= 15 is 0 Å². The number of halogens is 2. The topological polar surface area (TPSA) is 78.9 Å². The molecule has 2 N–H and O–H groups in total. The smallest absolute Gasteiger partial charge is 0.339 e. The number of anilines is 1. The maximum atomic E-state index is 14.3. The zero-order valence-corrected chi connectivity index (χ0v) is 24.1. The Bertz CT molecular complexity index is 1540. The quantitative estimate of drug-likeness (QED) is 0.233. The highest BCUT2D eigenvalue weighted by molar-refractivity contribution is 9.10. The third kappa shape index (κ3) is 4.17. The van der Waals surface area contributed by atoms with E-state index in [4.69, 9.17) is 4.74 Å². The standard InChI is InChI=1S/C29H22Br2N2O4S/c1-37-29(36)22-21-13-16-5-2-3-8-20(16)23-27(26(22)35)38-28(32-19-7-4-6-18(31)14-19)24(33(21)23)25(34)15-9-11-17(30)12-10-15/h2-12,14,21,23,27,32,35H,13H2,1H3. The van der Waals surface area contributed by atoms with Gasteiger partial charge < -0.3 is 20.1 Å². The Kier molecular flexibility index (Phi) is 6.62. The first-order valence-corrected chi connectivity index (χ1v) is 14.4. The lowest BCUT2D eigenvalue weighted by molar-refractivity contribution is -0.137. The molecule has 3 heterocycles. The third-order valence-electron chi connectivity index (χ3n) is 7.12. The molecule has 3 aromatic rings. The Morgan fingerprint density at radius 1 is 1.03 bits per heavy atom. The molecule has 0 saturated carbocycles. The van der Waals surface area contributed by atoms with Crippen molar-refractivity contribution in [3.63, 3.8) is 0 Å². The van der Waals surface area contributed by atoms with Gasteiger partial charge in [-0.05, 0) is 60.0 Å². The summed E-state index contributed by atoms with van der Waals surface area (Å²) in [5, 5.41) is 15.0. The van der Waals surface area contributed by atoms with Crippen LogP contribution in [0.15, 0.2) is 104 Å². The monoisotopic (exact) mass is 652 g/mol. The number of nitrogens with one attached hydrogen (secondary N) is 1. The molecule has 0 radical (unpaired) electrons. The van der Waals surface area contributed by atoms with Crippen molar-refractivity contribution in [1.29, 1.82) is 0 Å². The minimum atomic E-state index is -0.584. The van der Waals surface area contributed by atoms with Crippen LogP contribution in [-0.2, 0) is 16.0 Å². The second kappa shape index (κ2) is 9.94. The summed E-state index contributed by atoms with van der Waals surface area (Å²) in [5.74, 6) is -0.744. The van der Waals surface area contributed by atoms with Gasteiger partial charge in [0.1, 0.15) is 16.5 Å². The number of benzene rings is 3. The zero-order valence-electron chi connectivity index (χ0n) is 20.2. The Balaban J connectivity index is 1.57. The fraction of sp³-hybridized carbons (Fsp3) is 0.172. The molecule has 3 aliphatic rings. The number of hydrogen-bond acceptors (Lipinski definition) is 7. The van der Waals surface area contributed by atoms with E-state index in [0.29, 0.717) is 22.7 Å². The first kappa shape index (κ1) is 25.3. The molecule has 0 saturated heterocycles. The van der Waals surface area contributed by atoms with E-state index < -0.39 is 17.3 Å². The second-order valence-corrected chi connectivity index (χ2v) is 12.2. The molecule has 3 aromatic carbocycles. The molecule has 4 bridgehead atoms. The predicted molar refractivity (Wildman–Crippen MR) is 155 cm³/mol. The third-order valence-corrected chi connectivity index (χ3v) is 9.40. The molecule has 0 fully saturated rings. The number of ketones is 1. The Hall–Kier alpha value is -3.01. The largest absolute Gasteiger partial charge is 0.510 e. The minimum Gasteiger partial charge on any atom is -0.510 e. The molecule has 0 aromatic heterocycles. The van der Waals surface area contributed by atoms with E-state index in [0.717, 1.165) is 25.8 Å². The molecular weight excluding hydrogens is 632 g/mol. The highest BCUT2D eigenvalue weighted by atomic mass is 79.9. The summed E-state index contributed by atoms with van der Waals surface area (Å²) in [7, 11) is 1.31. The van der Waals surface area contributed by atoms with Crippen LogP contribution in [0.1, 0.15) is 27.5 Å². The lowest BCUT2D eigenvalue weighted by Gasteiger charge is -2.54. The van der Waals surface area contributed by atoms with E-state index in [1.54, 1.807) is 12.1 Å². The number of ether oxygens (including phenoxy) is 1. The number of carbonyl (C=O) groups excluding carboxylic acids is 2. The van der Waals surface area contributed by atoms with Crippen LogP contribution in [0.4, 0.5) is 5.69 Å². The van der Waals surface area contributed by atoms with Crippen molar-refractivity contribution in [2.45, 2.75) is 23.8 Å². The summed E-state index contributed by atoms with van der Waals surface area (Å²) in [5.41, 5.74) is 4.13. The predicted octanol–water partition coefficient (Wildman–Crippen LogP) is 6.76. The van der Waals surface area contributed by atoms with Crippen LogP contribution in [-0.4, -0.2) is 40.2 Å². The van der Waals surface area contributed by atoms with Gasteiger partial charge in [0.15, 0.2) is 0 Å². The number of aliphatic hydroxyl groups excluding tert-OH is 1. The maximum Gasteiger partial charge on any atom is 0.339 e. The molecule has 6 nitrogen and oxygen atoms in total. The van der Waals surface area contributed by atoms with E-state index in [1.165, 1.54) is 18.9 Å².